The molecular weight excluding hydrogens is 386 g/mol. The van der Waals surface area contributed by atoms with E-state index < -0.39 is 40.4 Å². The van der Waals surface area contributed by atoms with Crippen LogP contribution in [0.15, 0.2) is 0 Å². The van der Waals surface area contributed by atoms with E-state index in [1.807, 2.05) is 0 Å². The molecule has 29 heavy (non-hydrogen) atoms. The van der Waals surface area contributed by atoms with Crippen molar-refractivity contribution < 1.29 is 37.7 Å². The van der Waals surface area contributed by atoms with Crippen LogP contribution in [0, 0.1) is 17.3 Å². The zero-order valence-electron chi connectivity index (χ0n) is 16.6. The van der Waals surface area contributed by atoms with Crippen molar-refractivity contribution >= 4 is 17.9 Å². The molecule has 8 heteroatoms. The van der Waals surface area contributed by atoms with E-state index in [4.69, 9.17) is 9.47 Å². The minimum absolute atomic E-state index is 0.173. The molecule has 5 saturated carbocycles. The molecule has 0 radical (unpaired) electrons. The standard InChI is InChI=1S/C21H28F2O6/c1-13(24)28-19-10-14-7-15(11-19)9-18(8-14,12-19)17(27)29-20(5-3-2-4-6-20)21(22,23)16(25)26/h14-15H,2-12H2,1H3,(H,25,26)/p-1. The molecule has 4 bridgehead atoms. The van der Waals surface area contributed by atoms with Crippen molar-refractivity contribution in [3.8, 4) is 0 Å². The van der Waals surface area contributed by atoms with Crippen molar-refractivity contribution in [2.24, 2.45) is 17.3 Å². The average Bonchev–Trinajstić information content (AvgIpc) is 2.60. The fourth-order valence-corrected chi connectivity index (χ4v) is 6.92. The van der Waals surface area contributed by atoms with Gasteiger partial charge in [0.05, 0.1) is 5.41 Å². The molecule has 5 rings (SSSR count). The molecule has 2 atom stereocenters. The Kier molecular flexibility index (Phi) is 4.70. The van der Waals surface area contributed by atoms with Gasteiger partial charge in [0.15, 0.2) is 5.60 Å². The van der Waals surface area contributed by atoms with Crippen molar-refractivity contribution in [3.63, 3.8) is 0 Å². The summed E-state index contributed by atoms with van der Waals surface area (Å²) in [6.07, 6.45) is 4.60. The lowest BCUT2D eigenvalue weighted by Crippen LogP contribution is -2.64. The molecule has 0 heterocycles. The third-order valence-electron chi connectivity index (χ3n) is 7.58. The molecule has 162 valence electrons. The second-order valence-electron chi connectivity index (χ2n) is 9.82. The van der Waals surface area contributed by atoms with E-state index in [9.17, 15) is 28.3 Å². The number of carbonyl (C=O) groups excluding carboxylic acids is 3. The normalized spacial score (nSPS) is 37.8. The van der Waals surface area contributed by atoms with Crippen molar-refractivity contribution in [2.75, 3.05) is 0 Å². The summed E-state index contributed by atoms with van der Waals surface area (Å²) < 4.78 is 40.5. The summed E-state index contributed by atoms with van der Waals surface area (Å²) >= 11 is 0. The van der Waals surface area contributed by atoms with Crippen molar-refractivity contribution in [1.29, 1.82) is 0 Å². The lowest BCUT2D eigenvalue weighted by molar-refractivity contribution is -0.347. The Morgan fingerprint density at radius 3 is 2.07 bits per heavy atom. The third kappa shape index (κ3) is 3.22. The molecule has 0 amide bonds. The molecule has 5 fully saturated rings. The highest BCUT2D eigenvalue weighted by atomic mass is 19.3. The number of ether oxygens (including phenoxy) is 2. The van der Waals surface area contributed by atoms with E-state index in [2.05, 4.69) is 0 Å². The molecule has 2 unspecified atom stereocenters. The van der Waals surface area contributed by atoms with Gasteiger partial charge < -0.3 is 19.4 Å². The Hall–Kier alpha value is -1.73. The molecule has 5 aliphatic carbocycles. The van der Waals surface area contributed by atoms with E-state index in [0.717, 1.165) is 6.42 Å². The van der Waals surface area contributed by atoms with Crippen LogP contribution in [0.3, 0.4) is 0 Å². The average molecular weight is 413 g/mol. The predicted octanol–water partition coefficient (Wildman–Crippen LogP) is 2.52. The van der Waals surface area contributed by atoms with Gasteiger partial charge in [-0.25, -0.2) is 0 Å². The number of carbonyl (C=O) groups is 3. The Balaban J connectivity index is 1.63. The van der Waals surface area contributed by atoms with Crippen LogP contribution in [0.25, 0.3) is 0 Å². The highest BCUT2D eigenvalue weighted by molar-refractivity contribution is 5.81. The summed E-state index contributed by atoms with van der Waals surface area (Å²) in [6, 6.07) is 0. The van der Waals surface area contributed by atoms with Crippen LogP contribution < -0.4 is 5.11 Å². The van der Waals surface area contributed by atoms with Gasteiger partial charge in [-0.05, 0) is 69.6 Å². The first-order valence-corrected chi connectivity index (χ1v) is 10.5. The zero-order valence-corrected chi connectivity index (χ0v) is 16.6. The molecular formula is C21H27F2O6-. The van der Waals surface area contributed by atoms with Crippen molar-refractivity contribution in [2.45, 2.75) is 94.7 Å². The van der Waals surface area contributed by atoms with Gasteiger partial charge in [0.2, 0.25) is 0 Å². The van der Waals surface area contributed by atoms with Crippen LogP contribution in [0.4, 0.5) is 8.78 Å². The summed E-state index contributed by atoms with van der Waals surface area (Å²) in [5.41, 5.74) is -4.10. The first-order chi connectivity index (χ1) is 13.5. The van der Waals surface area contributed by atoms with Gasteiger partial charge in [-0.1, -0.05) is 6.42 Å². The van der Waals surface area contributed by atoms with E-state index in [-0.39, 0.29) is 31.1 Å². The van der Waals surface area contributed by atoms with Gasteiger partial charge >= 0.3 is 17.9 Å². The van der Waals surface area contributed by atoms with Crippen LogP contribution in [0.2, 0.25) is 0 Å². The van der Waals surface area contributed by atoms with Crippen LogP contribution in [0.1, 0.15) is 77.6 Å². The fourth-order valence-electron chi connectivity index (χ4n) is 6.92. The smallest absolute Gasteiger partial charge is 0.325 e. The van der Waals surface area contributed by atoms with Crippen LogP contribution in [-0.2, 0) is 23.9 Å². The van der Waals surface area contributed by atoms with Crippen LogP contribution in [-0.4, -0.2) is 35.0 Å². The van der Waals surface area contributed by atoms with E-state index >= 15 is 0 Å². The number of rotatable bonds is 5. The van der Waals surface area contributed by atoms with Crippen LogP contribution in [0.5, 0.6) is 0 Å². The van der Waals surface area contributed by atoms with Gasteiger partial charge in [0.1, 0.15) is 11.6 Å². The summed E-state index contributed by atoms with van der Waals surface area (Å²) in [4.78, 5) is 36.2. The third-order valence-corrected chi connectivity index (χ3v) is 7.58. The summed E-state index contributed by atoms with van der Waals surface area (Å²) in [5, 5.41) is 11.2. The van der Waals surface area contributed by atoms with Crippen LogP contribution >= 0.6 is 0 Å². The van der Waals surface area contributed by atoms with Gasteiger partial charge in [0.25, 0.3) is 0 Å². The zero-order chi connectivity index (χ0) is 21.1. The van der Waals surface area contributed by atoms with Gasteiger partial charge in [-0.3, -0.25) is 9.59 Å². The first-order valence-electron chi connectivity index (χ1n) is 10.5. The summed E-state index contributed by atoms with van der Waals surface area (Å²) in [5.74, 6) is -7.58. The number of carboxylic acids is 1. The quantitative estimate of drug-likeness (QED) is 0.643. The Morgan fingerprint density at radius 2 is 1.55 bits per heavy atom. The fraction of sp³-hybridized carbons (Fsp3) is 0.857. The molecule has 6 nitrogen and oxygen atoms in total. The highest BCUT2D eigenvalue weighted by Crippen LogP contribution is 2.63. The molecule has 0 N–H and O–H groups in total. The lowest BCUT2D eigenvalue weighted by Gasteiger charge is -2.60. The maximum atomic E-state index is 14.7. The van der Waals surface area contributed by atoms with E-state index in [0.29, 0.717) is 44.9 Å². The van der Waals surface area contributed by atoms with Gasteiger partial charge in [-0.15, -0.1) is 0 Å². The lowest BCUT2D eigenvalue weighted by atomic mass is 9.48. The second kappa shape index (κ2) is 6.64. The molecule has 0 aromatic carbocycles. The van der Waals surface area contributed by atoms with E-state index in [1.54, 1.807) is 0 Å². The Labute approximate surface area is 168 Å². The topological polar surface area (TPSA) is 92.7 Å². The maximum Gasteiger partial charge on any atom is 0.325 e. The highest BCUT2D eigenvalue weighted by Gasteiger charge is 2.65. The molecule has 0 aromatic heterocycles. The molecule has 0 spiro atoms. The number of esters is 2. The van der Waals surface area contributed by atoms with Gasteiger partial charge in [0, 0.05) is 13.3 Å². The minimum atomic E-state index is -4.25. The number of hydrogen-bond donors (Lipinski definition) is 0. The second-order valence-corrected chi connectivity index (χ2v) is 9.82. The maximum absolute atomic E-state index is 14.7. The number of aliphatic carboxylic acids is 1. The number of halogens is 2. The van der Waals surface area contributed by atoms with E-state index in [1.165, 1.54) is 6.92 Å². The number of carboxylic acid groups (broad SMARTS) is 1. The number of hydrogen-bond acceptors (Lipinski definition) is 6. The molecule has 0 aliphatic heterocycles. The Bertz CT molecular complexity index is 713. The Morgan fingerprint density at radius 1 is 0.966 bits per heavy atom. The SMILES string of the molecule is CC(=O)OC12CC3CC(C1)CC(C(=O)OC1(C(F)(F)C(=O)[O-])CCCCC1)(C3)C2. The largest absolute Gasteiger partial charge is 0.544 e. The first kappa shape index (κ1) is 20.5. The molecule has 5 aliphatic rings. The van der Waals surface area contributed by atoms with Crippen molar-refractivity contribution in [3.05, 3.63) is 0 Å². The summed E-state index contributed by atoms with van der Waals surface area (Å²) in [6.45, 7) is 1.33. The minimum Gasteiger partial charge on any atom is -0.544 e. The predicted molar refractivity (Wildman–Crippen MR) is 93.5 cm³/mol. The number of alkyl halides is 2. The molecule has 0 aromatic rings. The molecule has 0 saturated heterocycles. The van der Waals surface area contributed by atoms with Crippen molar-refractivity contribution in [1.82, 2.24) is 0 Å². The van der Waals surface area contributed by atoms with Gasteiger partial charge in [-0.2, -0.15) is 8.78 Å². The monoisotopic (exact) mass is 413 g/mol. The summed E-state index contributed by atoms with van der Waals surface area (Å²) in [7, 11) is 0.